The van der Waals surface area contributed by atoms with E-state index in [-0.39, 0.29) is 11.1 Å². The number of pyridine rings is 1. The van der Waals surface area contributed by atoms with Crippen molar-refractivity contribution < 1.29 is 9.87 Å². The predicted octanol–water partition coefficient (Wildman–Crippen LogP) is 4.86. The van der Waals surface area contributed by atoms with Gasteiger partial charge in [0.15, 0.2) is 0 Å². The first-order valence-corrected chi connectivity index (χ1v) is 10.5. The Morgan fingerprint density at radius 3 is 2.48 bits per heavy atom. The van der Waals surface area contributed by atoms with Crippen molar-refractivity contribution in [3.05, 3.63) is 47.4 Å². The first-order chi connectivity index (χ1) is 11.2. The summed E-state index contributed by atoms with van der Waals surface area (Å²) in [6.07, 6.45) is 1.75. The van der Waals surface area contributed by atoms with Gasteiger partial charge >= 0.3 is 0 Å². The van der Waals surface area contributed by atoms with Crippen LogP contribution in [0.25, 0.3) is 11.3 Å². The van der Waals surface area contributed by atoms with Crippen molar-refractivity contribution in [3.63, 3.8) is 0 Å². The van der Waals surface area contributed by atoms with E-state index in [0.29, 0.717) is 5.69 Å². The second-order valence-electron chi connectivity index (χ2n) is 6.56. The zero-order valence-electron chi connectivity index (χ0n) is 17.2. The molecular formula is C18H24FNSi. The molecule has 0 amide bonds. The van der Waals surface area contributed by atoms with Gasteiger partial charge in [0.05, 0.1) is 13.8 Å². The van der Waals surface area contributed by atoms with Crippen LogP contribution in [0.3, 0.4) is 0 Å². The van der Waals surface area contributed by atoms with E-state index in [1.165, 1.54) is 12.1 Å². The second-order valence-corrected chi connectivity index (χ2v) is 11.6. The third kappa shape index (κ3) is 3.41. The molecule has 0 aliphatic carbocycles. The maximum Gasteiger partial charge on any atom is 0.132 e. The molecule has 0 fully saturated rings. The molecule has 0 aliphatic rings. The van der Waals surface area contributed by atoms with Gasteiger partial charge in [-0.25, -0.2) is 4.39 Å². The lowest BCUT2D eigenvalue weighted by molar-refractivity contribution is 0.629. The molecule has 0 saturated heterocycles. The molecule has 0 bridgehead atoms. The highest BCUT2D eigenvalue weighted by Crippen LogP contribution is 2.25. The van der Waals surface area contributed by atoms with Crippen LogP contribution in [0.15, 0.2) is 30.5 Å². The zero-order chi connectivity index (χ0) is 19.2. The molecule has 1 aromatic carbocycles. The van der Waals surface area contributed by atoms with Gasteiger partial charge in [-0.2, -0.15) is 0 Å². The Bertz CT molecular complexity index is 789. The topological polar surface area (TPSA) is 12.9 Å². The van der Waals surface area contributed by atoms with Crippen LogP contribution in [-0.2, 0) is 0 Å². The summed E-state index contributed by atoms with van der Waals surface area (Å²) in [6.45, 7) is 7.83. The van der Waals surface area contributed by atoms with E-state index in [2.05, 4.69) is 24.6 Å². The fourth-order valence-corrected chi connectivity index (χ4v) is 3.92. The fraction of sp³-hybridized carbons (Fsp3) is 0.389. The van der Waals surface area contributed by atoms with E-state index >= 15 is 0 Å². The van der Waals surface area contributed by atoms with Crippen LogP contribution in [0.2, 0.25) is 19.6 Å². The molecule has 0 radical (unpaired) electrons. The number of aryl methyl sites for hydroxylation is 1. The van der Waals surface area contributed by atoms with Crippen molar-refractivity contribution >= 4 is 13.3 Å². The minimum atomic E-state index is -2.34. The van der Waals surface area contributed by atoms with Crippen molar-refractivity contribution in [2.45, 2.75) is 46.2 Å². The molecule has 0 unspecified atom stereocenters. The summed E-state index contributed by atoms with van der Waals surface area (Å²) in [5, 5.41) is 1.08. The molecule has 1 heterocycles. The third-order valence-corrected chi connectivity index (χ3v) is 5.51. The average molecular weight is 306 g/mol. The van der Waals surface area contributed by atoms with Crippen LogP contribution in [0.4, 0.5) is 4.39 Å². The lowest BCUT2D eigenvalue weighted by Crippen LogP contribution is -2.40. The summed E-state index contributed by atoms with van der Waals surface area (Å²) in [7, 11) is -1.71. The van der Waals surface area contributed by atoms with E-state index in [1.54, 1.807) is 12.3 Å². The van der Waals surface area contributed by atoms with Crippen molar-refractivity contribution in [1.82, 2.24) is 4.98 Å². The van der Waals surface area contributed by atoms with Gasteiger partial charge < -0.3 is 0 Å². The van der Waals surface area contributed by atoms with Gasteiger partial charge in [-0.1, -0.05) is 39.6 Å². The van der Waals surface area contributed by atoms with Crippen molar-refractivity contribution in [1.29, 1.82) is 0 Å². The quantitative estimate of drug-likeness (QED) is 0.738. The normalized spacial score (nSPS) is 15.9. The molecule has 0 spiro atoms. The summed E-state index contributed by atoms with van der Waals surface area (Å²) < 4.78 is 45.1. The second kappa shape index (κ2) is 5.72. The average Bonchev–Trinajstić information content (AvgIpc) is 2.43. The number of aromatic nitrogens is 1. The monoisotopic (exact) mass is 305 g/mol. The van der Waals surface area contributed by atoms with Crippen LogP contribution in [-0.4, -0.2) is 13.1 Å². The summed E-state index contributed by atoms with van der Waals surface area (Å²) in [4.78, 5) is 4.41. The summed E-state index contributed by atoms with van der Waals surface area (Å²) in [6, 6.07) is 5.68. The Morgan fingerprint density at radius 1 is 1.24 bits per heavy atom. The van der Waals surface area contributed by atoms with Crippen LogP contribution >= 0.6 is 0 Å². The third-order valence-electron chi connectivity index (χ3n) is 3.50. The van der Waals surface area contributed by atoms with Gasteiger partial charge in [0.2, 0.25) is 0 Å². The number of nitrogens with zero attached hydrogens (tertiary/aromatic N) is 1. The maximum absolute atomic E-state index is 14.5. The van der Waals surface area contributed by atoms with Crippen molar-refractivity contribution in [3.8, 4) is 11.3 Å². The van der Waals surface area contributed by atoms with Gasteiger partial charge in [0, 0.05) is 17.2 Å². The number of hydrogen-bond donors (Lipinski definition) is 0. The van der Waals surface area contributed by atoms with Crippen LogP contribution in [0.1, 0.15) is 36.4 Å². The first kappa shape index (κ1) is 11.1. The highest BCUT2D eigenvalue weighted by Gasteiger charge is 2.23. The van der Waals surface area contributed by atoms with E-state index in [0.717, 1.165) is 16.8 Å². The van der Waals surface area contributed by atoms with E-state index in [9.17, 15) is 4.39 Å². The largest absolute Gasteiger partial charge is 0.256 e. The highest BCUT2D eigenvalue weighted by molar-refractivity contribution is 6.89. The zero-order valence-corrected chi connectivity index (χ0v) is 14.2. The number of hydrogen-bond acceptors (Lipinski definition) is 1. The van der Waals surface area contributed by atoms with Gasteiger partial charge in [-0.15, -0.1) is 0 Å². The molecule has 1 nitrogen and oxygen atoms in total. The molecule has 0 saturated carbocycles. The van der Waals surface area contributed by atoms with Crippen molar-refractivity contribution in [2.24, 2.45) is 0 Å². The number of benzene rings is 1. The van der Waals surface area contributed by atoms with E-state index < -0.39 is 26.6 Å². The van der Waals surface area contributed by atoms with E-state index in [1.807, 2.05) is 13.8 Å². The fourth-order valence-electron chi connectivity index (χ4n) is 2.34. The Balaban J connectivity index is 2.62. The van der Waals surface area contributed by atoms with Gasteiger partial charge in [-0.3, -0.25) is 4.98 Å². The molecule has 0 aliphatic heterocycles. The molecule has 2 aromatic rings. The Hall–Kier alpha value is -1.48. The molecule has 0 N–H and O–H groups in total. The number of rotatable bonds is 3. The minimum Gasteiger partial charge on any atom is -0.256 e. The van der Waals surface area contributed by atoms with Crippen LogP contribution in [0, 0.1) is 12.7 Å². The number of halogens is 1. The maximum atomic E-state index is 14.5. The van der Waals surface area contributed by atoms with Gasteiger partial charge in [-0.05, 0) is 47.3 Å². The standard InChI is InChI=1S/C18H24FNSi/c1-12(2)15-10-17(20-11-18(15)21(4,5)6)14-8-7-13(3)9-16(14)19/h7-12H,1-6H3/i3D3,12D. The molecule has 3 heteroatoms. The predicted molar refractivity (Wildman–Crippen MR) is 91.4 cm³/mol. The smallest absolute Gasteiger partial charge is 0.132 e. The molecule has 21 heavy (non-hydrogen) atoms. The van der Waals surface area contributed by atoms with Crippen LogP contribution in [0.5, 0.6) is 0 Å². The molecule has 2 rings (SSSR count). The Labute approximate surface area is 133 Å². The minimum absolute atomic E-state index is 0.0338. The van der Waals surface area contributed by atoms with Gasteiger partial charge in [0.25, 0.3) is 0 Å². The van der Waals surface area contributed by atoms with E-state index in [4.69, 9.17) is 5.48 Å². The summed E-state index contributed by atoms with van der Waals surface area (Å²) in [5.74, 6) is -1.45. The first-order valence-electron chi connectivity index (χ1n) is 9.02. The highest BCUT2D eigenvalue weighted by atomic mass is 28.3. The van der Waals surface area contributed by atoms with Crippen LogP contribution < -0.4 is 5.19 Å². The van der Waals surface area contributed by atoms with Crippen molar-refractivity contribution in [2.75, 3.05) is 0 Å². The van der Waals surface area contributed by atoms with Gasteiger partial charge in [0.1, 0.15) is 5.82 Å². The lowest BCUT2D eigenvalue weighted by atomic mass is 10.0. The summed E-state index contributed by atoms with van der Waals surface area (Å²) in [5.41, 5.74) is 1.48. The molecule has 1 aromatic heterocycles. The lowest BCUT2D eigenvalue weighted by Gasteiger charge is -2.23. The SMILES string of the molecule is [2H]C([2H])([2H])c1ccc(-c2cc(C([2H])(C)C)c([Si](C)(C)C)cn2)c(F)c1. The summed E-state index contributed by atoms with van der Waals surface area (Å²) >= 11 is 0. The molecule has 0 atom stereocenters. The Kier molecular flexibility index (Phi) is 3.03. The molecular weight excluding hydrogens is 277 g/mol. The Morgan fingerprint density at radius 2 is 1.95 bits per heavy atom. The molecule has 112 valence electrons.